The van der Waals surface area contributed by atoms with Crippen molar-refractivity contribution < 1.29 is 4.39 Å². The van der Waals surface area contributed by atoms with E-state index in [2.05, 4.69) is 19.6 Å². The van der Waals surface area contributed by atoms with Crippen LogP contribution in [0.3, 0.4) is 0 Å². The Morgan fingerprint density at radius 2 is 2.00 bits per heavy atom. The molecule has 3 heteroatoms. The average molecular weight is 262 g/mol. The maximum atomic E-state index is 13.2. The van der Waals surface area contributed by atoms with Gasteiger partial charge in [-0.3, -0.25) is 0 Å². The molecular weight excluding hydrogens is 239 g/mol. The number of halogens is 1. The smallest absolute Gasteiger partial charge is 0.100 e. The maximum absolute atomic E-state index is 13.2. The predicted octanol–water partition coefficient (Wildman–Crippen LogP) is 4.62. The highest BCUT2D eigenvalue weighted by molar-refractivity contribution is 5.48. The van der Waals surface area contributed by atoms with E-state index in [0.29, 0.717) is 18.8 Å². The van der Waals surface area contributed by atoms with Gasteiger partial charge in [0.05, 0.1) is 5.69 Å². The first-order valence-electron chi connectivity index (χ1n) is 7.02. The molecule has 0 aromatic carbocycles. The molecule has 104 valence electrons. The number of hydrogen-bond donors (Lipinski definition) is 0. The Bertz CT molecular complexity index is 491. The van der Waals surface area contributed by atoms with Gasteiger partial charge in [0.15, 0.2) is 0 Å². The van der Waals surface area contributed by atoms with E-state index in [1.54, 1.807) is 0 Å². The van der Waals surface area contributed by atoms with E-state index in [4.69, 9.17) is 5.10 Å². The number of aromatic nitrogens is 2. The van der Waals surface area contributed by atoms with Crippen molar-refractivity contribution in [2.24, 2.45) is 0 Å². The molecule has 0 amide bonds. The van der Waals surface area contributed by atoms with Gasteiger partial charge < -0.3 is 0 Å². The molecule has 2 nitrogen and oxygen atoms in total. The van der Waals surface area contributed by atoms with Gasteiger partial charge in [0.2, 0.25) is 0 Å². The lowest BCUT2D eigenvalue weighted by molar-refractivity contribution is 0.233. The van der Waals surface area contributed by atoms with E-state index in [0.717, 1.165) is 35.5 Å². The van der Waals surface area contributed by atoms with E-state index in [1.165, 1.54) is 0 Å². The third-order valence-electron chi connectivity index (χ3n) is 3.77. The van der Waals surface area contributed by atoms with Crippen molar-refractivity contribution in [1.82, 2.24) is 9.78 Å². The number of alkyl halides is 1. The van der Waals surface area contributed by atoms with Crippen molar-refractivity contribution in [1.29, 1.82) is 0 Å². The topological polar surface area (TPSA) is 17.8 Å². The van der Waals surface area contributed by atoms with Crippen LogP contribution in [-0.2, 0) is 0 Å². The van der Waals surface area contributed by atoms with E-state index in [1.807, 2.05) is 24.6 Å². The lowest BCUT2D eigenvalue weighted by atomic mass is 9.86. The van der Waals surface area contributed by atoms with E-state index in [9.17, 15) is 4.39 Å². The van der Waals surface area contributed by atoms with Gasteiger partial charge in [-0.25, -0.2) is 9.07 Å². The van der Waals surface area contributed by atoms with Crippen LogP contribution in [0.5, 0.6) is 0 Å². The molecule has 0 atom stereocenters. The molecule has 2 rings (SSSR count). The highest BCUT2D eigenvalue weighted by Crippen LogP contribution is 2.33. The highest BCUT2D eigenvalue weighted by atomic mass is 19.1. The Labute approximate surface area is 115 Å². The Balaban J connectivity index is 2.19. The molecule has 0 bridgehead atoms. The zero-order valence-corrected chi connectivity index (χ0v) is 12.1. The van der Waals surface area contributed by atoms with Crippen molar-refractivity contribution in [3.8, 4) is 0 Å². The lowest BCUT2D eigenvalue weighted by Crippen LogP contribution is -2.14. The molecule has 0 radical (unpaired) electrons. The monoisotopic (exact) mass is 262 g/mol. The third kappa shape index (κ3) is 3.34. The SMILES string of the molecule is C=C(C)/C=C(/C)n1nc(C2CCC(F)CC2)cc1C. The second-order valence-electron chi connectivity index (χ2n) is 5.70. The molecule has 1 fully saturated rings. The second kappa shape index (κ2) is 5.72. The summed E-state index contributed by atoms with van der Waals surface area (Å²) in [6, 6.07) is 2.14. The number of rotatable bonds is 3. The van der Waals surface area contributed by atoms with E-state index in [-0.39, 0.29) is 0 Å². The van der Waals surface area contributed by atoms with Crippen LogP contribution in [0, 0.1) is 6.92 Å². The van der Waals surface area contributed by atoms with Gasteiger partial charge >= 0.3 is 0 Å². The molecule has 1 aliphatic rings. The van der Waals surface area contributed by atoms with Crippen molar-refractivity contribution in [3.05, 3.63) is 35.7 Å². The van der Waals surface area contributed by atoms with Crippen LogP contribution in [0.2, 0.25) is 0 Å². The minimum absolute atomic E-state index is 0.421. The summed E-state index contributed by atoms with van der Waals surface area (Å²) in [6.45, 7) is 9.98. The van der Waals surface area contributed by atoms with Gasteiger partial charge in [0.25, 0.3) is 0 Å². The van der Waals surface area contributed by atoms with Gasteiger partial charge in [-0.2, -0.15) is 5.10 Å². The molecule has 0 aliphatic heterocycles. The molecule has 1 aromatic heterocycles. The van der Waals surface area contributed by atoms with Crippen molar-refractivity contribution in [3.63, 3.8) is 0 Å². The summed E-state index contributed by atoms with van der Waals surface area (Å²) in [4.78, 5) is 0. The lowest BCUT2D eigenvalue weighted by Gasteiger charge is -2.22. The molecule has 0 saturated heterocycles. The van der Waals surface area contributed by atoms with Gasteiger partial charge in [0.1, 0.15) is 6.17 Å². The summed E-state index contributed by atoms with van der Waals surface area (Å²) >= 11 is 0. The van der Waals surface area contributed by atoms with Crippen molar-refractivity contribution in [2.75, 3.05) is 0 Å². The number of allylic oxidation sites excluding steroid dienone is 3. The van der Waals surface area contributed by atoms with E-state index < -0.39 is 6.17 Å². The molecule has 1 saturated carbocycles. The number of hydrogen-bond acceptors (Lipinski definition) is 1. The molecule has 1 aliphatic carbocycles. The zero-order chi connectivity index (χ0) is 14.0. The van der Waals surface area contributed by atoms with Gasteiger partial charge in [-0.1, -0.05) is 12.2 Å². The van der Waals surface area contributed by atoms with Crippen LogP contribution in [0.15, 0.2) is 24.3 Å². The Morgan fingerprint density at radius 1 is 1.37 bits per heavy atom. The molecular formula is C16H23FN2. The Morgan fingerprint density at radius 3 is 2.58 bits per heavy atom. The van der Waals surface area contributed by atoms with Crippen LogP contribution in [0.4, 0.5) is 4.39 Å². The fourth-order valence-electron chi connectivity index (χ4n) is 2.82. The first-order valence-corrected chi connectivity index (χ1v) is 7.02. The summed E-state index contributed by atoms with van der Waals surface area (Å²) in [5.74, 6) is 0.421. The summed E-state index contributed by atoms with van der Waals surface area (Å²) in [5.41, 5.74) is 4.34. The van der Waals surface area contributed by atoms with Crippen LogP contribution < -0.4 is 0 Å². The quantitative estimate of drug-likeness (QED) is 0.726. The van der Waals surface area contributed by atoms with Crippen LogP contribution in [0.25, 0.3) is 5.70 Å². The first-order chi connectivity index (χ1) is 8.97. The highest BCUT2D eigenvalue weighted by Gasteiger charge is 2.24. The van der Waals surface area contributed by atoms with Crippen LogP contribution in [0.1, 0.15) is 56.8 Å². The second-order valence-corrected chi connectivity index (χ2v) is 5.70. The van der Waals surface area contributed by atoms with Gasteiger partial charge in [0, 0.05) is 17.3 Å². The maximum Gasteiger partial charge on any atom is 0.100 e. The summed E-state index contributed by atoms with van der Waals surface area (Å²) in [5, 5.41) is 4.70. The molecule has 0 N–H and O–H groups in total. The number of nitrogens with zero attached hydrogens (tertiary/aromatic N) is 2. The van der Waals surface area contributed by atoms with Gasteiger partial charge in [-0.05, 0) is 58.6 Å². The predicted molar refractivity (Wildman–Crippen MR) is 77.8 cm³/mol. The molecule has 0 spiro atoms. The standard InChI is InChI=1S/C16H23FN2/c1-11(2)9-12(3)19-13(4)10-16(18-19)14-5-7-15(17)8-6-14/h9-10,14-15H,1,5-8H2,2-4H3/b12-9-. The van der Waals surface area contributed by atoms with Crippen molar-refractivity contribution >= 4 is 5.70 Å². The first kappa shape index (κ1) is 14.0. The van der Waals surface area contributed by atoms with Crippen LogP contribution >= 0.6 is 0 Å². The molecule has 1 aromatic rings. The van der Waals surface area contributed by atoms with E-state index >= 15 is 0 Å². The third-order valence-corrected chi connectivity index (χ3v) is 3.77. The summed E-state index contributed by atoms with van der Waals surface area (Å²) in [7, 11) is 0. The molecule has 19 heavy (non-hydrogen) atoms. The minimum Gasteiger partial charge on any atom is -0.247 e. The summed E-state index contributed by atoms with van der Waals surface area (Å²) < 4.78 is 15.1. The largest absolute Gasteiger partial charge is 0.247 e. The Kier molecular flexibility index (Phi) is 4.23. The normalized spacial score (nSPS) is 24.5. The minimum atomic E-state index is -0.607. The van der Waals surface area contributed by atoms with Crippen molar-refractivity contribution in [2.45, 2.75) is 58.5 Å². The molecule has 1 heterocycles. The average Bonchev–Trinajstić information content (AvgIpc) is 2.71. The molecule has 0 unspecified atom stereocenters. The number of aryl methyl sites for hydroxylation is 1. The summed E-state index contributed by atoms with van der Waals surface area (Å²) in [6.07, 6.45) is 4.61. The Hall–Kier alpha value is -1.38. The van der Waals surface area contributed by atoms with Gasteiger partial charge in [-0.15, -0.1) is 0 Å². The zero-order valence-electron chi connectivity index (χ0n) is 12.1. The fourth-order valence-corrected chi connectivity index (χ4v) is 2.82. The fraction of sp³-hybridized carbons (Fsp3) is 0.562. The van der Waals surface area contributed by atoms with Crippen LogP contribution in [-0.4, -0.2) is 16.0 Å².